The largest absolute Gasteiger partial charge is 0.495 e. The first kappa shape index (κ1) is 29.0. The number of nitrogens with one attached hydrogen (secondary N) is 1. The second kappa shape index (κ2) is 12.8. The molecule has 0 aliphatic heterocycles. The van der Waals surface area contributed by atoms with Crippen molar-refractivity contribution in [1.29, 1.82) is 0 Å². The number of benzene rings is 3. The summed E-state index contributed by atoms with van der Waals surface area (Å²) < 4.78 is 34.2. The molecule has 3 aromatic rings. The second-order valence-corrected chi connectivity index (χ2v) is 10.9. The van der Waals surface area contributed by atoms with E-state index in [-0.39, 0.29) is 33.8 Å². The Morgan fingerprint density at radius 2 is 1.68 bits per heavy atom. The van der Waals surface area contributed by atoms with Gasteiger partial charge in [0.25, 0.3) is 10.0 Å². The molecular weight excluding hydrogens is 526 g/mol. The van der Waals surface area contributed by atoms with Crippen LogP contribution in [-0.2, 0) is 26.2 Å². The maximum atomic E-state index is 14.0. The number of hydrogen-bond acceptors (Lipinski definition) is 5. The van der Waals surface area contributed by atoms with Gasteiger partial charge in [0.1, 0.15) is 18.3 Å². The standard InChI is InChI=1S/C28H32ClN3O5S/c1-5-24(28(34)30-3)31(18-21-12-10-9-11-20(21)2)27(33)19-32(25-17-22(29)15-16-26(25)37-4)38(35,36)23-13-7-6-8-14-23/h6-17,24H,5,18-19H2,1-4H3,(H,30,34). The lowest BCUT2D eigenvalue weighted by Gasteiger charge is -2.33. The van der Waals surface area contributed by atoms with Crippen molar-refractivity contribution < 1.29 is 22.7 Å². The summed E-state index contributed by atoms with van der Waals surface area (Å²) in [6.45, 7) is 3.27. The summed E-state index contributed by atoms with van der Waals surface area (Å²) >= 11 is 6.25. The maximum absolute atomic E-state index is 14.0. The van der Waals surface area contributed by atoms with E-state index in [0.29, 0.717) is 6.42 Å². The number of methoxy groups -OCH3 is 1. The highest BCUT2D eigenvalue weighted by molar-refractivity contribution is 7.92. The van der Waals surface area contributed by atoms with Crippen LogP contribution in [0, 0.1) is 6.92 Å². The fourth-order valence-corrected chi connectivity index (χ4v) is 5.75. The van der Waals surface area contributed by atoms with Crippen LogP contribution in [0.5, 0.6) is 5.75 Å². The highest BCUT2D eigenvalue weighted by Crippen LogP contribution is 2.35. The Morgan fingerprint density at radius 1 is 1.03 bits per heavy atom. The monoisotopic (exact) mass is 557 g/mol. The van der Waals surface area contributed by atoms with Crippen molar-refractivity contribution in [2.24, 2.45) is 0 Å². The number of ether oxygens (including phenoxy) is 1. The summed E-state index contributed by atoms with van der Waals surface area (Å²) in [5, 5.41) is 2.89. The first-order chi connectivity index (χ1) is 18.1. The number of amides is 2. The number of anilines is 1. The number of likely N-dealkylation sites (N-methyl/N-ethyl adjacent to an activating group) is 1. The number of halogens is 1. The van der Waals surface area contributed by atoms with Crippen molar-refractivity contribution in [3.63, 3.8) is 0 Å². The number of carbonyl (C=O) groups excluding carboxylic acids is 2. The molecule has 0 aromatic heterocycles. The molecule has 0 aliphatic rings. The molecule has 1 N–H and O–H groups in total. The Bertz CT molecular complexity index is 1380. The third-order valence-electron chi connectivity index (χ3n) is 6.25. The number of carbonyl (C=O) groups is 2. The quantitative estimate of drug-likeness (QED) is 0.377. The summed E-state index contributed by atoms with van der Waals surface area (Å²) in [6.07, 6.45) is 0.337. The Balaban J connectivity index is 2.13. The van der Waals surface area contributed by atoms with Crippen LogP contribution in [0.2, 0.25) is 5.02 Å². The molecule has 10 heteroatoms. The van der Waals surface area contributed by atoms with Crippen LogP contribution in [0.3, 0.4) is 0 Å². The molecule has 3 rings (SSSR count). The van der Waals surface area contributed by atoms with Crippen LogP contribution >= 0.6 is 11.6 Å². The van der Waals surface area contributed by atoms with Gasteiger partial charge in [0, 0.05) is 18.6 Å². The van der Waals surface area contributed by atoms with Gasteiger partial charge in [-0.2, -0.15) is 0 Å². The lowest BCUT2D eigenvalue weighted by atomic mass is 10.1. The minimum atomic E-state index is -4.22. The minimum Gasteiger partial charge on any atom is -0.495 e. The number of rotatable bonds is 11. The van der Waals surface area contributed by atoms with E-state index in [1.165, 1.54) is 37.3 Å². The van der Waals surface area contributed by atoms with E-state index in [1.54, 1.807) is 37.3 Å². The Kier molecular flexibility index (Phi) is 9.77. The van der Waals surface area contributed by atoms with E-state index in [1.807, 2.05) is 31.2 Å². The maximum Gasteiger partial charge on any atom is 0.264 e. The molecule has 202 valence electrons. The van der Waals surface area contributed by atoms with Crippen molar-refractivity contribution in [2.75, 3.05) is 25.0 Å². The molecule has 0 heterocycles. The van der Waals surface area contributed by atoms with Gasteiger partial charge >= 0.3 is 0 Å². The van der Waals surface area contributed by atoms with Gasteiger partial charge in [-0.25, -0.2) is 8.42 Å². The minimum absolute atomic E-state index is 0.00127. The summed E-state index contributed by atoms with van der Waals surface area (Å²) in [7, 11) is -1.31. The van der Waals surface area contributed by atoms with Crippen molar-refractivity contribution in [2.45, 2.75) is 37.8 Å². The van der Waals surface area contributed by atoms with E-state index in [4.69, 9.17) is 16.3 Å². The van der Waals surface area contributed by atoms with Gasteiger partial charge in [0.05, 0.1) is 17.7 Å². The Morgan fingerprint density at radius 3 is 2.29 bits per heavy atom. The zero-order valence-corrected chi connectivity index (χ0v) is 23.4. The molecule has 2 amide bonds. The smallest absolute Gasteiger partial charge is 0.264 e. The summed E-state index contributed by atoms with van der Waals surface area (Å²) in [5.74, 6) is -0.664. The van der Waals surface area contributed by atoms with Crippen LogP contribution in [-0.4, -0.2) is 51.9 Å². The fourth-order valence-electron chi connectivity index (χ4n) is 4.15. The molecule has 3 aromatic carbocycles. The molecule has 0 bridgehead atoms. The van der Waals surface area contributed by atoms with Crippen molar-refractivity contribution in [1.82, 2.24) is 10.2 Å². The molecule has 0 saturated carbocycles. The summed E-state index contributed by atoms with van der Waals surface area (Å²) in [6, 6.07) is 19.1. The lowest BCUT2D eigenvalue weighted by Crippen LogP contribution is -2.51. The first-order valence-corrected chi connectivity index (χ1v) is 13.9. The molecule has 0 aliphatic carbocycles. The van der Waals surface area contributed by atoms with Crippen LogP contribution in [0.4, 0.5) is 5.69 Å². The zero-order valence-electron chi connectivity index (χ0n) is 21.8. The molecule has 1 unspecified atom stereocenters. The van der Waals surface area contributed by atoms with Gasteiger partial charge in [-0.1, -0.05) is 61.0 Å². The Hall–Kier alpha value is -3.56. The predicted octanol–water partition coefficient (Wildman–Crippen LogP) is 4.41. The zero-order chi connectivity index (χ0) is 27.9. The van der Waals surface area contributed by atoms with Crippen molar-refractivity contribution in [3.8, 4) is 5.75 Å². The highest BCUT2D eigenvalue weighted by Gasteiger charge is 2.34. The molecule has 1 atom stereocenters. The topological polar surface area (TPSA) is 96.0 Å². The van der Waals surface area contributed by atoms with E-state index >= 15 is 0 Å². The number of nitrogens with zero attached hydrogens (tertiary/aromatic N) is 2. The molecule has 0 fully saturated rings. The number of aryl methyl sites for hydroxylation is 1. The molecular formula is C28H32ClN3O5S. The number of sulfonamides is 1. The van der Waals surface area contributed by atoms with Crippen molar-refractivity contribution >= 4 is 39.1 Å². The van der Waals surface area contributed by atoms with E-state index in [2.05, 4.69) is 5.32 Å². The molecule has 0 spiro atoms. The average Bonchev–Trinajstić information content (AvgIpc) is 2.92. The normalized spacial score (nSPS) is 11.9. The highest BCUT2D eigenvalue weighted by atomic mass is 35.5. The van der Waals surface area contributed by atoms with Gasteiger partial charge in [-0.05, 0) is 54.8 Å². The van der Waals surface area contributed by atoms with Gasteiger partial charge < -0.3 is 15.0 Å². The van der Waals surface area contributed by atoms with Crippen LogP contribution in [0.1, 0.15) is 24.5 Å². The van der Waals surface area contributed by atoms with E-state index in [0.717, 1.165) is 15.4 Å². The summed E-state index contributed by atoms with van der Waals surface area (Å²) in [5.41, 5.74) is 1.91. The van der Waals surface area contributed by atoms with Gasteiger partial charge in [-0.3, -0.25) is 13.9 Å². The first-order valence-electron chi connectivity index (χ1n) is 12.1. The predicted molar refractivity (Wildman–Crippen MR) is 149 cm³/mol. The molecule has 0 saturated heterocycles. The summed E-state index contributed by atoms with van der Waals surface area (Å²) in [4.78, 5) is 28.2. The third-order valence-corrected chi connectivity index (χ3v) is 8.26. The fraction of sp³-hybridized carbons (Fsp3) is 0.286. The molecule has 0 radical (unpaired) electrons. The SMILES string of the molecule is CCC(C(=O)NC)N(Cc1ccccc1C)C(=O)CN(c1cc(Cl)ccc1OC)S(=O)(=O)c1ccccc1. The van der Waals surface area contributed by atoms with Crippen molar-refractivity contribution in [3.05, 3.63) is 88.9 Å². The van der Waals surface area contributed by atoms with Gasteiger partial charge in [0.15, 0.2) is 0 Å². The van der Waals surface area contributed by atoms with E-state index < -0.39 is 28.5 Å². The van der Waals surface area contributed by atoms with E-state index in [9.17, 15) is 18.0 Å². The lowest BCUT2D eigenvalue weighted by molar-refractivity contribution is -0.140. The van der Waals surface area contributed by atoms with Crippen LogP contribution in [0.15, 0.2) is 77.7 Å². The molecule has 8 nitrogen and oxygen atoms in total. The second-order valence-electron chi connectivity index (χ2n) is 8.63. The third kappa shape index (κ3) is 6.46. The molecule has 38 heavy (non-hydrogen) atoms. The Labute approximate surface area is 229 Å². The average molecular weight is 558 g/mol. The van der Waals surface area contributed by atoms with Crippen LogP contribution in [0.25, 0.3) is 0 Å². The van der Waals surface area contributed by atoms with Crippen LogP contribution < -0.4 is 14.4 Å². The van der Waals surface area contributed by atoms with Gasteiger partial charge in [-0.15, -0.1) is 0 Å². The van der Waals surface area contributed by atoms with Gasteiger partial charge in [0.2, 0.25) is 11.8 Å². The number of hydrogen-bond donors (Lipinski definition) is 1.